The molecule has 11 nitrogen and oxygen atoms in total. The summed E-state index contributed by atoms with van der Waals surface area (Å²) in [6.07, 6.45) is 1.74. The van der Waals surface area contributed by atoms with Crippen molar-refractivity contribution in [2.75, 3.05) is 38.1 Å². The first-order chi connectivity index (χ1) is 21.2. The third-order valence-electron chi connectivity index (χ3n) is 7.85. The largest absolute Gasteiger partial charge is 0.490 e. The van der Waals surface area contributed by atoms with Crippen molar-refractivity contribution < 1.29 is 32.6 Å². The summed E-state index contributed by atoms with van der Waals surface area (Å²) in [6.45, 7) is 12.0. The van der Waals surface area contributed by atoms with Gasteiger partial charge in [0.15, 0.2) is 0 Å². The van der Waals surface area contributed by atoms with Crippen LogP contribution < -0.4 is 14.8 Å². The highest BCUT2D eigenvalue weighted by Gasteiger charge is 2.31. The molecule has 250 valence electrons. The number of carbonyl (C=O) groups is 2. The molecule has 1 aliphatic heterocycles. The van der Waals surface area contributed by atoms with Gasteiger partial charge in [0.05, 0.1) is 35.3 Å². The highest BCUT2D eigenvalue weighted by molar-refractivity contribution is 7.92. The van der Waals surface area contributed by atoms with Crippen molar-refractivity contribution in [3.05, 3.63) is 53.6 Å². The minimum absolute atomic E-state index is 0.0173. The predicted molar refractivity (Wildman–Crippen MR) is 175 cm³/mol. The number of nitrogens with zero attached hydrogens (tertiary/aromatic N) is 2. The number of amides is 3. The Morgan fingerprint density at radius 2 is 1.80 bits per heavy atom. The van der Waals surface area contributed by atoms with E-state index in [2.05, 4.69) is 10.0 Å². The molecule has 2 aromatic carbocycles. The zero-order valence-corrected chi connectivity index (χ0v) is 28.4. The lowest BCUT2D eigenvalue weighted by atomic mass is 10.0. The summed E-state index contributed by atoms with van der Waals surface area (Å²) in [7, 11) is -2.21. The van der Waals surface area contributed by atoms with E-state index in [0.29, 0.717) is 25.3 Å². The third kappa shape index (κ3) is 10.3. The zero-order chi connectivity index (χ0) is 33.3. The van der Waals surface area contributed by atoms with Gasteiger partial charge >= 0.3 is 6.03 Å². The Labute approximate surface area is 268 Å². The molecule has 0 aromatic heterocycles. The van der Waals surface area contributed by atoms with Crippen molar-refractivity contribution in [1.82, 2.24) is 15.1 Å². The van der Waals surface area contributed by atoms with Crippen LogP contribution in [0.3, 0.4) is 0 Å². The number of fused-ring (bicyclic) bond motifs is 1. The van der Waals surface area contributed by atoms with Gasteiger partial charge in [0, 0.05) is 44.4 Å². The van der Waals surface area contributed by atoms with Crippen LogP contribution in [-0.4, -0.2) is 92.9 Å². The Kier molecular flexibility index (Phi) is 13.1. The molecule has 3 rings (SSSR count). The maximum Gasteiger partial charge on any atom is 0.317 e. The number of sulfonamides is 1. The van der Waals surface area contributed by atoms with Crippen LogP contribution in [0, 0.1) is 12.8 Å². The van der Waals surface area contributed by atoms with E-state index in [0.717, 1.165) is 18.4 Å². The van der Waals surface area contributed by atoms with Crippen LogP contribution in [0.1, 0.15) is 69.8 Å². The summed E-state index contributed by atoms with van der Waals surface area (Å²) in [5.41, 5.74) is 1.33. The van der Waals surface area contributed by atoms with Crippen LogP contribution in [-0.2, 0) is 14.8 Å². The number of nitrogens with one attached hydrogen (secondary N) is 2. The fourth-order valence-electron chi connectivity index (χ4n) is 5.09. The molecule has 0 radical (unpaired) electrons. The van der Waals surface area contributed by atoms with Gasteiger partial charge < -0.3 is 29.7 Å². The predicted octanol–water partition coefficient (Wildman–Crippen LogP) is 4.64. The Morgan fingerprint density at radius 3 is 2.44 bits per heavy atom. The highest BCUT2D eigenvalue weighted by Crippen LogP contribution is 2.29. The average molecular weight is 647 g/mol. The summed E-state index contributed by atoms with van der Waals surface area (Å²) >= 11 is 0. The Hall–Kier alpha value is -3.35. The molecular weight excluding hydrogens is 596 g/mol. The molecule has 3 amide bonds. The molecule has 12 heteroatoms. The number of urea groups is 1. The lowest BCUT2D eigenvalue weighted by Gasteiger charge is -2.36. The van der Waals surface area contributed by atoms with Crippen molar-refractivity contribution in [1.29, 1.82) is 0 Å². The molecule has 45 heavy (non-hydrogen) atoms. The van der Waals surface area contributed by atoms with Crippen molar-refractivity contribution in [3.63, 3.8) is 0 Å². The van der Waals surface area contributed by atoms with Gasteiger partial charge in [-0.2, -0.15) is 0 Å². The standard InChI is InChI=1S/C33H50N4O7S/c1-22(2)34-33(40)36(7)20-31-24(4)19-37(25(5)21-38)32(39)29-18-27(35-45(41,42)28-14-11-23(3)12-15-28)13-16-30(29)44-26(6)10-8-9-17-43-31/h11-16,18,22,24-26,31,35,38H,8-10,17,19-21H2,1-7H3,(H,34,40)/t24-,25-,26-,31+/m1/s1. The molecule has 0 bridgehead atoms. The second-order valence-electron chi connectivity index (χ2n) is 12.4. The summed E-state index contributed by atoms with van der Waals surface area (Å²) in [6, 6.07) is 10.4. The second kappa shape index (κ2) is 16.3. The van der Waals surface area contributed by atoms with E-state index in [1.165, 1.54) is 18.2 Å². The number of rotatable bonds is 8. The van der Waals surface area contributed by atoms with Crippen LogP contribution in [0.15, 0.2) is 47.4 Å². The van der Waals surface area contributed by atoms with Gasteiger partial charge in [-0.15, -0.1) is 0 Å². The molecule has 0 aliphatic carbocycles. The van der Waals surface area contributed by atoms with Crippen molar-refractivity contribution in [2.45, 2.75) is 90.0 Å². The number of carbonyl (C=O) groups excluding carboxylic acids is 2. The van der Waals surface area contributed by atoms with E-state index < -0.39 is 22.0 Å². The average Bonchev–Trinajstić information content (AvgIpc) is 2.98. The number of hydrogen-bond acceptors (Lipinski definition) is 7. The number of aliphatic hydroxyl groups is 1. The highest BCUT2D eigenvalue weighted by atomic mass is 32.2. The SMILES string of the molecule is Cc1ccc(S(=O)(=O)Nc2ccc3c(c2)C(=O)N([C@H](C)CO)C[C@@H](C)[C@H](CN(C)C(=O)NC(C)C)OCCCC[C@@H](C)O3)cc1. The van der Waals surface area contributed by atoms with Gasteiger partial charge in [-0.25, -0.2) is 13.2 Å². The van der Waals surface area contributed by atoms with Gasteiger partial charge in [-0.3, -0.25) is 9.52 Å². The first-order valence-electron chi connectivity index (χ1n) is 15.7. The lowest BCUT2D eigenvalue weighted by molar-refractivity contribution is -0.0122. The second-order valence-corrected chi connectivity index (χ2v) is 14.1. The van der Waals surface area contributed by atoms with Crippen molar-refractivity contribution in [3.8, 4) is 5.75 Å². The molecule has 4 atom stereocenters. The normalized spacial score (nSPS) is 20.9. The molecule has 0 spiro atoms. The van der Waals surface area contributed by atoms with E-state index in [4.69, 9.17) is 9.47 Å². The lowest BCUT2D eigenvalue weighted by Crippen LogP contribution is -2.49. The molecule has 0 unspecified atom stereocenters. The first kappa shape index (κ1) is 36.1. The molecule has 0 fully saturated rings. The fourth-order valence-corrected chi connectivity index (χ4v) is 6.14. The van der Waals surface area contributed by atoms with E-state index in [-0.39, 0.29) is 59.5 Å². The topological polar surface area (TPSA) is 138 Å². The summed E-state index contributed by atoms with van der Waals surface area (Å²) in [4.78, 5) is 30.2. The molecular formula is C33H50N4O7S. The maximum atomic E-state index is 14.3. The number of aliphatic hydroxyl groups excluding tert-OH is 1. The van der Waals surface area contributed by atoms with Crippen molar-refractivity contribution >= 4 is 27.6 Å². The number of benzene rings is 2. The molecule has 2 aromatic rings. The Bertz CT molecular complexity index is 1380. The third-order valence-corrected chi connectivity index (χ3v) is 9.24. The van der Waals surface area contributed by atoms with Gasteiger partial charge in [-0.1, -0.05) is 24.6 Å². The summed E-state index contributed by atoms with van der Waals surface area (Å²) in [5.74, 6) is -0.293. The van der Waals surface area contributed by atoms with Crippen molar-refractivity contribution in [2.24, 2.45) is 5.92 Å². The first-order valence-corrected chi connectivity index (χ1v) is 17.1. The molecule has 1 heterocycles. The zero-order valence-electron chi connectivity index (χ0n) is 27.6. The minimum Gasteiger partial charge on any atom is -0.490 e. The van der Waals surface area contributed by atoms with Gasteiger partial charge in [-0.05, 0) is 84.2 Å². The molecule has 0 saturated heterocycles. The number of anilines is 1. The fraction of sp³-hybridized carbons (Fsp3) is 0.576. The van der Waals surface area contributed by atoms with E-state index in [1.807, 2.05) is 34.6 Å². The van der Waals surface area contributed by atoms with Crippen LogP contribution in [0.4, 0.5) is 10.5 Å². The Balaban J connectivity index is 1.98. The smallest absolute Gasteiger partial charge is 0.317 e. The maximum absolute atomic E-state index is 14.3. The molecule has 0 saturated carbocycles. The van der Waals surface area contributed by atoms with Crippen LogP contribution >= 0.6 is 0 Å². The summed E-state index contributed by atoms with van der Waals surface area (Å²) in [5, 5.41) is 13.1. The number of aryl methyl sites for hydroxylation is 1. The monoisotopic (exact) mass is 646 g/mol. The van der Waals surface area contributed by atoms with E-state index in [9.17, 15) is 23.1 Å². The van der Waals surface area contributed by atoms with Gasteiger partial charge in [0.2, 0.25) is 0 Å². The Morgan fingerprint density at radius 1 is 1.11 bits per heavy atom. The minimum atomic E-state index is -3.92. The quantitative estimate of drug-likeness (QED) is 0.380. The molecule has 1 aliphatic rings. The number of ether oxygens (including phenoxy) is 2. The number of likely N-dealkylation sites (N-methyl/N-ethyl adjacent to an activating group) is 1. The van der Waals surface area contributed by atoms with Crippen LogP contribution in [0.5, 0.6) is 5.75 Å². The van der Waals surface area contributed by atoms with E-state index in [1.54, 1.807) is 48.0 Å². The van der Waals surface area contributed by atoms with Crippen LogP contribution in [0.25, 0.3) is 0 Å². The summed E-state index contributed by atoms with van der Waals surface area (Å²) < 4.78 is 41.5. The van der Waals surface area contributed by atoms with E-state index >= 15 is 0 Å². The molecule has 3 N–H and O–H groups in total. The van der Waals surface area contributed by atoms with Gasteiger partial charge in [0.25, 0.3) is 15.9 Å². The number of hydrogen-bond donors (Lipinski definition) is 3. The van der Waals surface area contributed by atoms with Crippen LogP contribution in [0.2, 0.25) is 0 Å². The van der Waals surface area contributed by atoms with Gasteiger partial charge in [0.1, 0.15) is 5.75 Å².